The number of rotatable bonds is 4. The van der Waals surface area contributed by atoms with Crippen LogP contribution >= 0.6 is 11.3 Å². The molecule has 1 aliphatic heterocycles. The Morgan fingerprint density at radius 2 is 2.08 bits per heavy atom. The van der Waals surface area contributed by atoms with Gasteiger partial charge in [0.1, 0.15) is 17.7 Å². The molecule has 1 aromatic carbocycles. The largest absolute Gasteiger partial charge is 0.378 e. The zero-order valence-electron chi connectivity index (χ0n) is 13.8. The molecule has 1 fully saturated rings. The quantitative estimate of drug-likeness (QED) is 0.672. The summed E-state index contributed by atoms with van der Waals surface area (Å²) < 4.78 is 35.1. The maximum absolute atomic E-state index is 13.1. The Bertz CT molecular complexity index is 957. The number of nitrogens with zero attached hydrogens (tertiary/aromatic N) is 5. The van der Waals surface area contributed by atoms with E-state index in [2.05, 4.69) is 15.1 Å². The Morgan fingerprint density at radius 3 is 2.85 bits per heavy atom. The van der Waals surface area contributed by atoms with Crippen LogP contribution in [-0.4, -0.2) is 58.8 Å². The minimum atomic E-state index is -3.65. The van der Waals surface area contributed by atoms with Crippen molar-refractivity contribution in [3.8, 4) is 10.6 Å². The van der Waals surface area contributed by atoms with Gasteiger partial charge >= 0.3 is 0 Å². The van der Waals surface area contributed by atoms with Gasteiger partial charge in [0.05, 0.1) is 25.5 Å². The molecule has 1 atom stereocenters. The molecule has 8 nitrogen and oxygen atoms in total. The fraction of sp³-hybridized carbons (Fsp3) is 0.312. The second-order valence-corrected chi connectivity index (χ2v) is 9.01. The van der Waals surface area contributed by atoms with Gasteiger partial charge in [-0.1, -0.05) is 30.3 Å². The van der Waals surface area contributed by atoms with Crippen molar-refractivity contribution in [3.05, 3.63) is 49.2 Å². The van der Waals surface area contributed by atoms with E-state index in [1.165, 1.54) is 28.2 Å². The third-order valence-corrected chi connectivity index (χ3v) is 7.47. The van der Waals surface area contributed by atoms with Crippen molar-refractivity contribution in [2.45, 2.75) is 10.3 Å². The first-order valence-corrected chi connectivity index (χ1v) is 10.3. The van der Waals surface area contributed by atoms with Gasteiger partial charge in [-0.2, -0.15) is 9.40 Å². The van der Waals surface area contributed by atoms with Crippen molar-refractivity contribution in [1.29, 1.82) is 0 Å². The summed E-state index contributed by atoms with van der Waals surface area (Å²) in [5.74, 6) is 0. The number of sulfonamides is 1. The van der Waals surface area contributed by atoms with Crippen LogP contribution in [0, 0.1) is 0 Å². The molecule has 0 radical (unpaired) electrons. The van der Waals surface area contributed by atoms with Crippen LogP contribution in [0.1, 0.15) is 6.04 Å². The average Bonchev–Trinajstić information content (AvgIpc) is 3.31. The second-order valence-electron chi connectivity index (χ2n) is 5.82. The Kier molecular flexibility index (Phi) is 4.81. The minimum absolute atomic E-state index is 0.212. The van der Waals surface area contributed by atoms with Gasteiger partial charge in [0.15, 0.2) is 4.21 Å². The molecule has 1 saturated heterocycles. The van der Waals surface area contributed by atoms with Crippen LogP contribution in [0.25, 0.3) is 10.6 Å². The SMILES string of the molecule is O=S(=O)(c1cnc(-c2ccccc2)s1)N1CCOCC(n2cncn2)C1. The van der Waals surface area contributed by atoms with E-state index in [4.69, 9.17) is 4.74 Å². The highest BCUT2D eigenvalue weighted by atomic mass is 32.2. The molecular formula is C16H17N5O3S2. The van der Waals surface area contributed by atoms with Crippen molar-refractivity contribution in [1.82, 2.24) is 24.1 Å². The lowest BCUT2D eigenvalue weighted by molar-refractivity contribution is 0.121. The third-order valence-electron chi connectivity index (χ3n) is 4.12. The topological polar surface area (TPSA) is 90.2 Å². The summed E-state index contributed by atoms with van der Waals surface area (Å²) in [7, 11) is -3.65. The first-order valence-electron chi connectivity index (χ1n) is 8.08. The number of aromatic nitrogens is 4. The van der Waals surface area contributed by atoms with Crippen molar-refractivity contribution in [2.24, 2.45) is 0 Å². The Balaban J connectivity index is 1.60. The van der Waals surface area contributed by atoms with Crippen LogP contribution in [0.2, 0.25) is 0 Å². The molecule has 136 valence electrons. The Labute approximate surface area is 155 Å². The highest BCUT2D eigenvalue weighted by Gasteiger charge is 2.32. The van der Waals surface area contributed by atoms with E-state index < -0.39 is 10.0 Å². The van der Waals surface area contributed by atoms with Gasteiger partial charge in [-0.15, -0.1) is 11.3 Å². The van der Waals surface area contributed by atoms with Gasteiger partial charge in [0, 0.05) is 18.7 Å². The first kappa shape index (κ1) is 17.3. The summed E-state index contributed by atoms with van der Waals surface area (Å²) in [6.45, 7) is 1.32. The van der Waals surface area contributed by atoms with Crippen molar-refractivity contribution in [2.75, 3.05) is 26.3 Å². The third kappa shape index (κ3) is 3.40. The normalized spacial score (nSPS) is 19.3. The molecule has 0 aliphatic carbocycles. The molecule has 0 amide bonds. The number of thiazole rings is 1. The molecule has 0 N–H and O–H groups in total. The predicted octanol–water partition coefficient (Wildman–Crippen LogP) is 1.66. The summed E-state index contributed by atoms with van der Waals surface area (Å²) >= 11 is 1.18. The zero-order valence-corrected chi connectivity index (χ0v) is 15.4. The Hall–Kier alpha value is -2.14. The number of hydrogen-bond acceptors (Lipinski definition) is 7. The number of hydrogen-bond donors (Lipinski definition) is 0. The van der Waals surface area contributed by atoms with Crippen LogP contribution in [-0.2, 0) is 14.8 Å². The van der Waals surface area contributed by atoms with Gasteiger partial charge in [0.2, 0.25) is 0 Å². The summed E-state index contributed by atoms with van der Waals surface area (Å²) in [5, 5.41) is 4.79. The van der Waals surface area contributed by atoms with Crippen molar-refractivity contribution in [3.63, 3.8) is 0 Å². The van der Waals surface area contributed by atoms with E-state index in [1.54, 1.807) is 11.0 Å². The molecule has 1 aliphatic rings. The smallest absolute Gasteiger partial charge is 0.254 e. The molecule has 1 unspecified atom stereocenters. The lowest BCUT2D eigenvalue weighted by Crippen LogP contribution is -2.36. The maximum Gasteiger partial charge on any atom is 0.254 e. The molecule has 0 saturated carbocycles. The Morgan fingerprint density at radius 1 is 1.23 bits per heavy atom. The fourth-order valence-corrected chi connectivity index (χ4v) is 5.52. The standard InChI is InChI=1S/C16H17N5O3S2/c22-26(23,15-8-18-16(25-15)13-4-2-1-3-5-13)20-6-7-24-10-14(9-20)21-12-17-11-19-21/h1-5,8,11-12,14H,6-7,9-10H2. The van der Waals surface area contributed by atoms with E-state index in [1.807, 2.05) is 30.3 Å². The van der Waals surface area contributed by atoms with E-state index in [9.17, 15) is 8.42 Å². The second kappa shape index (κ2) is 7.23. The van der Waals surface area contributed by atoms with E-state index in [0.29, 0.717) is 24.8 Å². The van der Waals surface area contributed by atoms with Crippen LogP contribution in [0.4, 0.5) is 0 Å². The van der Waals surface area contributed by atoms with Gasteiger partial charge in [-0.05, 0) is 0 Å². The van der Waals surface area contributed by atoms with E-state index >= 15 is 0 Å². The van der Waals surface area contributed by atoms with Gasteiger partial charge in [0.25, 0.3) is 10.0 Å². The minimum Gasteiger partial charge on any atom is -0.378 e. The van der Waals surface area contributed by atoms with Crippen LogP contribution in [0.5, 0.6) is 0 Å². The number of ether oxygens (including phenoxy) is 1. The summed E-state index contributed by atoms with van der Waals surface area (Å²) in [4.78, 5) is 8.22. The molecule has 3 aromatic rings. The zero-order chi connectivity index (χ0) is 18.0. The molecule has 10 heteroatoms. The maximum atomic E-state index is 13.1. The van der Waals surface area contributed by atoms with Crippen LogP contribution < -0.4 is 0 Å². The van der Waals surface area contributed by atoms with Gasteiger partial charge in [-0.3, -0.25) is 0 Å². The molecule has 26 heavy (non-hydrogen) atoms. The average molecular weight is 391 g/mol. The first-order chi connectivity index (χ1) is 12.6. The molecule has 3 heterocycles. The number of benzene rings is 1. The lowest BCUT2D eigenvalue weighted by atomic mass is 10.2. The van der Waals surface area contributed by atoms with Gasteiger partial charge < -0.3 is 4.74 Å². The van der Waals surface area contributed by atoms with Crippen molar-refractivity contribution >= 4 is 21.4 Å². The van der Waals surface area contributed by atoms with Crippen molar-refractivity contribution < 1.29 is 13.2 Å². The summed E-state index contributed by atoms with van der Waals surface area (Å²) in [6, 6.07) is 9.33. The summed E-state index contributed by atoms with van der Waals surface area (Å²) in [6.07, 6.45) is 4.43. The lowest BCUT2D eigenvalue weighted by Gasteiger charge is -2.22. The highest BCUT2D eigenvalue weighted by molar-refractivity contribution is 7.91. The van der Waals surface area contributed by atoms with Gasteiger partial charge in [-0.25, -0.2) is 23.1 Å². The molecule has 2 aromatic heterocycles. The van der Waals surface area contributed by atoms with E-state index in [0.717, 1.165) is 5.56 Å². The van der Waals surface area contributed by atoms with E-state index in [-0.39, 0.29) is 16.8 Å². The fourth-order valence-electron chi connectivity index (χ4n) is 2.77. The molecular weight excluding hydrogens is 374 g/mol. The molecule has 4 rings (SSSR count). The predicted molar refractivity (Wildman–Crippen MR) is 96.2 cm³/mol. The van der Waals surface area contributed by atoms with Crippen LogP contribution in [0.15, 0.2) is 53.4 Å². The monoisotopic (exact) mass is 391 g/mol. The highest BCUT2D eigenvalue weighted by Crippen LogP contribution is 2.30. The molecule has 0 bridgehead atoms. The summed E-state index contributed by atoms with van der Waals surface area (Å²) in [5.41, 5.74) is 0.902. The van der Waals surface area contributed by atoms with Crippen LogP contribution in [0.3, 0.4) is 0 Å². The molecule has 0 spiro atoms.